The highest BCUT2D eigenvalue weighted by Crippen LogP contribution is 2.41. The van der Waals surface area contributed by atoms with Gasteiger partial charge in [0.1, 0.15) is 0 Å². The second-order valence-corrected chi connectivity index (χ2v) is 8.39. The summed E-state index contributed by atoms with van der Waals surface area (Å²) in [5, 5.41) is 3.88. The third-order valence-electron chi connectivity index (χ3n) is 6.29. The minimum Gasteiger partial charge on any atom is -0.313 e. The number of piperidine rings is 1. The molecule has 0 aromatic rings. The van der Waals surface area contributed by atoms with Crippen molar-refractivity contribution in [2.24, 2.45) is 11.3 Å². The molecule has 0 aromatic heterocycles. The van der Waals surface area contributed by atoms with E-state index in [0.29, 0.717) is 5.41 Å². The number of nitrogens with one attached hydrogen (secondary N) is 1. The lowest BCUT2D eigenvalue weighted by atomic mass is 9.69. The van der Waals surface area contributed by atoms with E-state index >= 15 is 0 Å². The molecule has 3 unspecified atom stereocenters. The molecule has 2 nitrogen and oxygen atoms in total. The van der Waals surface area contributed by atoms with Gasteiger partial charge in [-0.25, -0.2) is 0 Å². The lowest BCUT2D eigenvalue weighted by molar-refractivity contribution is 0.0400. The van der Waals surface area contributed by atoms with Crippen LogP contribution in [0.3, 0.4) is 0 Å². The summed E-state index contributed by atoms with van der Waals surface area (Å²) in [5.74, 6) is 0.935. The fourth-order valence-electron chi connectivity index (χ4n) is 4.94. The first-order valence-corrected chi connectivity index (χ1v) is 9.68. The molecule has 3 fully saturated rings. The van der Waals surface area contributed by atoms with Crippen LogP contribution < -0.4 is 5.32 Å². The van der Waals surface area contributed by atoms with Gasteiger partial charge in [-0.3, -0.25) is 4.90 Å². The number of rotatable bonds is 6. The Morgan fingerprint density at radius 3 is 2.67 bits per heavy atom. The highest BCUT2D eigenvalue weighted by molar-refractivity contribution is 4.94. The van der Waals surface area contributed by atoms with Gasteiger partial charge >= 0.3 is 0 Å². The zero-order valence-corrected chi connectivity index (χ0v) is 14.4. The van der Waals surface area contributed by atoms with Crippen molar-refractivity contribution in [2.45, 2.75) is 90.1 Å². The molecule has 2 saturated carbocycles. The lowest BCUT2D eigenvalue weighted by Crippen LogP contribution is -2.51. The van der Waals surface area contributed by atoms with Crippen molar-refractivity contribution in [1.29, 1.82) is 0 Å². The van der Waals surface area contributed by atoms with Gasteiger partial charge in [0.15, 0.2) is 0 Å². The molecule has 3 rings (SSSR count). The van der Waals surface area contributed by atoms with Crippen LogP contribution >= 0.6 is 0 Å². The molecule has 0 aromatic carbocycles. The van der Waals surface area contributed by atoms with Gasteiger partial charge in [-0.2, -0.15) is 0 Å². The highest BCUT2D eigenvalue weighted by Gasteiger charge is 2.39. The van der Waals surface area contributed by atoms with E-state index in [1.807, 2.05) is 0 Å². The predicted molar refractivity (Wildman–Crippen MR) is 90.6 cm³/mol. The van der Waals surface area contributed by atoms with Crippen molar-refractivity contribution in [1.82, 2.24) is 10.2 Å². The maximum atomic E-state index is 3.88. The van der Waals surface area contributed by atoms with Crippen LogP contribution in [0.4, 0.5) is 0 Å². The fourth-order valence-corrected chi connectivity index (χ4v) is 4.94. The van der Waals surface area contributed by atoms with Gasteiger partial charge in [-0.05, 0) is 62.8 Å². The van der Waals surface area contributed by atoms with Crippen LogP contribution in [0, 0.1) is 11.3 Å². The Morgan fingerprint density at radius 1 is 1.10 bits per heavy atom. The first-order valence-electron chi connectivity index (χ1n) is 9.68. The summed E-state index contributed by atoms with van der Waals surface area (Å²) in [6.07, 6.45) is 14.4. The number of nitrogens with zero attached hydrogens (tertiary/aromatic N) is 1. The molecule has 21 heavy (non-hydrogen) atoms. The largest absolute Gasteiger partial charge is 0.313 e. The summed E-state index contributed by atoms with van der Waals surface area (Å²) in [6, 6.07) is 1.73. The molecular formula is C19H36N2. The monoisotopic (exact) mass is 292 g/mol. The van der Waals surface area contributed by atoms with E-state index in [2.05, 4.69) is 24.1 Å². The molecule has 1 saturated heterocycles. The second-order valence-electron chi connectivity index (χ2n) is 8.39. The predicted octanol–water partition coefficient (Wildman–Crippen LogP) is 4.20. The van der Waals surface area contributed by atoms with E-state index < -0.39 is 0 Å². The van der Waals surface area contributed by atoms with Gasteiger partial charge < -0.3 is 5.32 Å². The molecular weight excluding hydrogens is 256 g/mol. The average Bonchev–Trinajstić information content (AvgIpc) is 3.30. The summed E-state index contributed by atoms with van der Waals surface area (Å²) in [4.78, 5) is 2.87. The normalized spacial score (nSPS) is 38.6. The van der Waals surface area contributed by atoms with Crippen molar-refractivity contribution in [2.75, 3.05) is 19.6 Å². The number of likely N-dealkylation sites (tertiary alicyclic amines) is 1. The van der Waals surface area contributed by atoms with E-state index in [9.17, 15) is 0 Å². The molecule has 0 bridgehead atoms. The summed E-state index contributed by atoms with van der Waals surface area (Å²) in [7, 11) is 0. The first-order chi connectivity index (χ1) is 10.2. The molecule has 3 aliphatic rings. The van der Waals surface area contributed by atoms with Crippen molar-refractivity contribution >= 4 is 0 Å². The van der Waals surface area contributed by atoms with Gasteiger partial charge in [-0.1, -0.05) is 33.1 Å². The Kier molecular flexibility index (Phi) is 5.27. The minimum atomic E-state index is 0.574. The van der Waals surface area contributed by atoms with Crippen LogP contribution in [0.5, 0.6) is 0 Å². The summed E-state index contributed by atoms with van der Waals surface area (Å²) in [6.45, 7) is 8.89. The number of hydrogen-bond acceptors (Lipinski definition) is 2. The van der Waals surface area contributed by atoms with E-state index in [1.165, 1.54) is 83.8 Å². The molecule has 0 spiro atoms. The second kappa shape index (κ2) is 7.00. The molecule has 1 N–H and O–H groups in total. The van der Waals surface area contributed by atoms with Crippen molar-refractivity contribution < 1.29 is 0 Å². The minimum absolute atomic E-state index is 0.574. The Balaban J connectivity index is 1.64. The third-order valence-corrected chi connectivity index (χ3v) is 6.29. The van der Waals surface area contributed by atoms with Crippen LogP contribution in [0.25, 0.3) is 0 Å². The molecule has 3 atom stereocenters. The zero-order chi connectivity index (χ0) is 14.7. The SMILES string of the molecule is CCC1CCCCN1CC1(CNC2CC2)CCCC(C)C1. The first kappa shape index (κ1) is 15.8. The quantitative estimate of drug-likeness (QED) is 0.789. The Bertz CT molecular complexity index is 326. The van der Waals surface area contributed by atoms with E-state index in [0.717, 1.165) is 18.0 Å². The average molecular weight is 293 g/mol. The Hall–Kier alpha value is -0.0800. The van der Waals surface area contributed by atoms with E-state index in [1.54, 1.807) is 0 Å². The molecule has 0 amide bonds. The smallest absolute Gasteiger partial charge is 0.00928 e. The number of hydrogen-bond donors (Lipinski definition) is 1. The third kappa shape index (κ3) is 4.22. The van der Waals surface area contributed by atoms with Crippen molar-refractivity contribution in [3.63, 3.8) is 0 Å². The van der Waals surface area contributed by atoms with Crippen LogP contribution in [0.1, 0.15) is 78.1 Å². The maximum absolute atomic E-state index is 3.88. The Labute approximate surface area is 132 Å². The van der Waals surface area contributed by atoms with Crippen LogP contribution in [0.2, 0.25) is 0 Å². The van der Waals surface area contributed by atoms with Gasteiger partial charge in [-0.15, -0.1) is 0 Å². The molecule has 0 radical (unpaired) electrons. The van der Waals surface area contributed by atoms with Crippen LogP contribution in [-0.2, 0) is 0 Å². The topological polar surface area (TPSA) is 15.3 Å². The van der Waals surface area contributed by atoms with Gasteiger partial charge in [0.25, 0.3) is 0 Å². The highest BCUT2D eigenvalue weighted by atomic mass is 15.2. The molecule has 122 valence electrons. The lowest BCUT2D eigenvalue weighted by Gasteiger charge is -2.47. The Morgan fingerprint density at radius 2 is 1.95 bits per heavy atom. The van der Waals surface area contributed by atoms with Crippen molar-refractivity contribution in [3.8, 4) is 0 Å². The van der Waals surface area contributed by atoms with Crippen LogP contribution in [0.15, 0.2) is 0 Å². The summed E-state index contributed by atoms with van der Waals surface area (Å²) >= 11 is 0. The van der Waals surface area contributed by atoms with Gasteiger partial charge in [0, 0.05) is 25.2 Å². The molecule has 1 heterocycles. The van der Waals surface area contributed by atoms with Crippen LogP contribution in [-0.4, -0.2) is 36.6 Å². The maximum Gasteiger partial charge on any atom is 0.00928 e. The van der Waals surface area contributed by atoms with E-state index in [-0.39, 0.29) is 0 Å². The van der Waals surface area contributed by atoms with Gasteiger partial charge in [0.05, 0.1) is 0 Å². The summed E-state index contributed by atoms with van der Waals surface area (Å²) < 4.78 is 0. The standard InChI is InChI=1S/C19H36N2/c1-3-18-8-4-5-12-21(18)15-19(14-20-17-9-10-17)11-6-7-16(2)13-19/h16-18,20H,3-15H2,1-2H3. The summed E-state index contributed by atoms with van der Waals surface area (Å²) in [5.41, 5.74) is 0.574. The zero-order valence-electron chi connectivity index (χ0n) is 14.4. The van der Waals surface area contributed by atoms with E-state index in [4.69, 9.17) is 0 Å². The molecule has 1 aliphatic heterocycles. The molecule has 2 heteroatoms. The molecule has 2 aliphatic carbocycles. The van der Waals surface area contributed by atoms with Crippen molar-refractivity contribution in [3.05, 3.63) is 0 Å². The van der Waals surface area contributed by atoms with Gasteiger partial charge in [0.2, 0.25) is 0 Å². The fraction of sp³-hybridized carbons (Fsp3) is 1.00.